The van der Waals surface area contributed by atoms with Crippen molar-refractivity contribution in [1.29, 1.82) is 0 Å². The van der Waals surface area contributed by atoms with E-state index >= 15 is 0 Å². The van der Waals surface area contributed by atoms with Gasteiger partial charge in [0.05, 0.1) is 18.2 Å². The fraction of sp³-hybridized carbons (Fsp3) is 0.917. The van der Waals surface area contributed by atoms with Crippen LogP contribution in [0, 0.1) is 5.92 Å². The lowest BCUT2D eigenvalue weighted by Crippen LogP contribution is -2.58. The first-order chi connectivity index (χ1) is 7.40. The van der Waals surface area contributed by atoms with Gasteiger partial charge in [0.2, 0.25) is 5.91 Å². The summed E-state index contributed by atoms with van der Waals surface area (Å²) >= 11 is 0. The predicted molar refractivity (Wildman–Crippen MR) is 63.9 cm³/mol. The van der Waals surface area contributed by atoms with Crippen molar-refractivity contribution in [1.82, 2.24) is 4.90 Å². The molecule has 1 aliphatic rings. The van der Waals surface area contributed by atoms with Crippen LogP contribution < -0.4 is 5.73 Å². The number of carbonyl (C=O) groups is 1. The highest BCUT2D eigenvalue weighted by Gasteiger charge is 2.40. The lowest BCUT2D eigenvalue weighted by molar-refractivity contribution is -0.140. The molecule has 0 bridgehead atoms. The zero-order valence-electron chi connectivity index (χ0n) is 10.6. The minimum atomic E-state index is -0.712. The van der Waals surface area contributed by atoms with Crippen LogP contribution in [0.3, 0.4) is 0 Å². The number of aliphatic hydroxyl groups is 1. The number of aliphatic hydroxyl groups excluding tert-OH is 1. The van der Waals surface area contributed by atoms with E-state index in [2.05, 4.69) is 6.92 Å². The summed E-state index contributed by atoms with van der Waals surface area (Å²) in [6.07, 6.45) is 3.70. The van der Waals surface area contributed by atoms with Gasteiger partial charge < -0.3 is 15.7 Å². The summed E-state index contributed by atoms with van der Waals surface area (Å²) in [5.41, 5.74) is 5.50. The van der Waals surface area contributed by atoms with Crippen LogP contribution in [0.15, 0.2) is 0 Å². The third kappa shape index (κ3) is 2.74. The Morgan fingerprint density at radius 1 is 1.69 bits per heavy atom. The lowest BCUT2D eigenvalue weighted by Gasteiger charge is -2.39. The molecule has 0 aromatic rings. The number of likely N-dealkylation sites (N-methyl/N-ethyl adjacent to an activating group) is 1. The Morgan fingerprint density at radius 2 is 2.31 bits per heavy atom. The number of nitrogens with two attached hydrogens (primary N) is 1. The second-order valence-corrected chi connectivity index (χ2v) is 5.31. The molecule has 0 radical (unpaired) electrons. The Morgan fingerprint density at radius 3 is 2.81 bits per heavy atom. The van der Waals surface area contributed by atoms with Gasteiger partial charge in [0.25, 0.3) is 0 Å². The molecule has 1 amide bonds. The van der Waals surface area contributed by atoms with Crippen LogP contribution in [0.5, 0.6) is 0 Å². The van der Waals surface area contributed by atoms with Crippen molar-refractivity contribution in [2.75, 3.05) is 13.7 Å². The summed E-state index contributed by atoms with van der Waals surface area (Å²) in [5, 5.41) is 9.05. The number of amides is 1. The fourth-order valence-electron chi connectivity index (χ4n) is 2.46. The first-order valence-electron chi connectivity index (χ1n) is 6.07. The average molecular weight is 228 g/mol. The maximum atomic E-state index is 12.3. The number of hydrogen-bond donors (Lipinski definition) is 2. The summed E-state index contributed by atoms with van der Waals surface area (Å²) in [6.45, 7) is 3.95. The first-order valence-corrected chi connectivity index (χ1v) is 6.07. The van der Waals surface area contributed by atoms with Crippen molar-refractivity contribution in [3.8, 4) is 0 Å². The minimum Gasteiger partial charge on any atom is -0.394 e. The molecule has 4 heteroatoms. The molecule has 1 saturated carbocycles. The number of rotatable bonds is 3. The third-order valence-corrected chi connectivity index (χ3v) is 3.70. The number of hydrogen-bond acceptors (Lipinski definition) is 3. The Hall–Kier alpha value is -0.610. The molecule has 94 valence electrons. The molecule has 1 fully saturated rings. The molecule has 0 aromatic carbocycles. The van der Waals surface area contributed by atoms with E-state index in [1.54, 1.807) is 11.9 Å². The third-order valence-electron chi connectivity index (χ3n) is 3.70. The van der Waals surface area contributed by atoms with Crippen molar-refractivity contribution in [3.05, 3.63) is 0 Å². The molecular weight excluding hydrogens is 204 g/mol. The molecule has 1 aliphatic carbocycles. The molecule has 0 spiro atoms. The van der Waals surface area contributed by atoms with E-state index < -0.39 is 5.54 Å². The Kier molecular flexibility index (Phi) is 4.33. The van der Waals surface area contributed by atoms with Crippen LogP contribution in [0.2, 0.25) is 0 Å². The second-order valence-electron chi connectivity index (χ2n) is 5.31. The molecule has 3 N–H and O–H groups in total. The summed E-state index contributed by atoms with van der Waals surface area (Å²) < 4.78 is 0. The van der Waals surface area contributed by atoms with Gasteiger partial charge >= 0.3 is 0 Å². The molecule has 3 unspecified atom stereocenters. The van der Waals surface area contributed by atoms with Crippen molar-refractivity contribution < 1.29 is 9.90 Å². The lowest BCUT2D eigenvalue weighted by atomic mass is 9.76. The molecule has 0 aromatic heterocycles. The smallest absolute Gasteiger partial charge is 0.242 e. The second kappa shape index (κ2) is 5.15. The van der Waals surface area contributed by atoms with Crippen molar-refractivity contribution in [3.63, 3.8) is 0 Å². The molecule has 0 heterocycles. The van der Waals surface area contributed by atoms with Crippen molar-refractivity contribution >= 4 is 5.91 Å². The molecule has 0 saturated heterocycles. The summed E-state index contributed by atoms with van der Waals surface area (Å²) in [5.74, 6) is 0.487. The predicted octanol–water partition coefficient (Wildman–Crippen LogP) is 0.733. The van der Waals surface area contributed by atoms with E-state index in [4.69, 9.17) is 10.8 Å². The number of nitrogens with zero attached hydrogens (tertiary/aromatic N) is 1. The maximum Gasteiger partial charge on any atom is 0.242 e. The highest BCUT2D eigenvalue weighted by molar-refractivity contribution is 5.86. The highest BCUT2D eigenvalue weighted by atomic mass is 16.3. The topological polar surface area (TPSA) is 66.6 Å². The molecule has 3 atom stereocenters. The van der Waals surface area contributed by atoms with Gasteiger partial charge in [-0.1, -0.05) is 19.8 Å². The molecular formula is C12H24N2O2. The van der Waals surface area contributed by atoms with Crippen LogP contribution in [0.1, 0.15) is 39.5 Å². The van der Waals surface area contributed by atoms with E-state index in [1.165, 1.54) is 0 Å². The summed E-state index contributed by atoms with van der Waals surface area (Å²) in [4.78, 5) is 13.8. The fourth-order valence-corrected chi connectivity index (χ4v) is 2.46. The minimum absolute atomic E-state index is 0.0200. The zero-order valence-corrected chi connectivity index (χ0v) is 10.6. The van der Waals surface area contributed by atoms with Gasteiger partial charge in [-0.25, -0.2) is 0 Å². The Balaban J connectivity index is 2.71. The highest BCUT2D eigenvalue weighted by Crippen LogP contribution is 2.31. The van der Waals surface area contributed by atoms with E-state index in [1.807, 2.05) is 6.92 Å². The first kappa shape index (κ1) is 13.5. The van der Waals surface area contributed by atoms with Gasteiger partial charge in [0, 0.05) is 7.05 Å². The number of carbonyl (C=O) groups excluding carboxylic acids is 1. The molecule has 16 heavy (non-hydrogen) atoms. The van der Waals surface area contributed by atoms with Crippen molar-refractivity contribution in [2.24, 2.45) is 11.7 Å². The standard InChI is InChI=1S/C12H24N2O2/c1-9-5-4-6-12(13,7-9)11(16)14(3)10(2)8-15/h9-10,15H,4-8,13H2,1-3H3. The van der Waals surface area contributed by atoms with Gasteiger partial charge in [-0.05, 0) is 25.7 Å². The maximum absolute atomic E-state index is 12.3. The van der Waals surface area contributed by atoms with E-state index in [9.17, 15) is 4.79 Å². The van der Waals surface area contributed by atoms with E-state index in [-0.39, 0.29) is 18.6 Å². The van der Waals surface area contributed by atoms with Gasteiger partial charge in [-0.2, -0.15) is 0 Å². The van der Waals surface area contributed by atoms with Crippen LogP contribution >= 0.6 is 0 Å². The molecule has 4 nitrogen and oxygen atoms in total. The van der Waals surface area contributed by atoms with E-state index in [0.717, 1.165) is 25.7 Å². The average Bonchev–Trinajstić information content (AvgIpc) is 2.25. The quantitative estimate of drug-likeness (QED) is 0.748. The van der Waals surface area contributed by atoms with Crippen LogP contribution in [0.4, 0.5) is 0 Å². The normalized spacial score (nSPS) is 32.2. The molecule has 1 rings (SSSR count). The summed E-state index contributed by atoms with van der Waals surface area (Å²) in [7, 11) is 1.72. The van der Waals surface area contributed by atoms with Crippen LogP contribution in [-0.2, 0) is 4.79 Å². The Bertz CT molecular complexity index is 257. The molecule has 0 aliphatic heterocycles. The van der Waals surface area contributed by atoms with E-state index in [0.29, 0.717) is 5.92 Å². The van der Waals surface area contributed by atoms with Gasteiger partial charge in [-0.3, -0.25) is 4.79 Å². The Labute approximate surface area is 97.8 Å². The van der Waals surface area contributed by atoms with Crippen LogP contribution in [0.25, 0.3) is 0 Å². The van der Waals surface area contributed by atoms with Gasteiger partial charge in [-0.15, -0.1) is 0 Å². The monoisotopic (exact) mass is 228 g/mol. The van der Waals surface area contributed by atoms with Gasteiger partial charge in [0.1, 0.15) is 0 Å². The zero-order chi connectivity index (χ0) is 12.3. The SMILES string of the molecule is CC1CCCC(N)(C(=O)N(C)C(C)CO)C1. The van der Waals surface area contributed by atoms with Gasteiger partial charge in [0.15, 0.2) is 0 Å². The van der Waals surface area contributed by atoms with Crippen LogP contribution in [-0.4, -0.2) is 41.1 Å². The van der Waals surface area contributed by atoms with Crippen molar-refractivity contribution in [2.45, 2.75) is 51.1 Å². The summed E-state index contributed by atoms with van der Waals surface area (Å²) in [6, 6.07) is -0.162. The largest absolute Gasteiger partial charge is 0.394 e.